The molecule has 0 radical (unpaired) electrons. The first kappa shape index (κ1) is 13.3. The lowest BCUT2D eigenvalue weighted by Crippen LogP contribution is -2.38. The van der Waals surface area contributed by atoms with E-state index in [9.17, 15) is 4.79 Å². The van der Waals surface area contributed by atoms with Gasteiger partial charge < -0.3 is 0 Å². The average Bonchev–Trinajstić information content (AvgIpc) is 2.40. The molecule has 1 aliphatic rings. The number of benzene rings is 1. The van der Waals surface area contributed by atoms with Crippen molar-refractivity contribution < 1.29 is 4.79 Å². The van der Waals surface area contributed by atoms with E-state index < -0.39 is 0 Å². The molecule has 98 valence electrons. The lowest BCUT2D eigenvalue weighted by molar-refractivity contribution is -0.121. The molecule has 0 atom stereocenters. The third-order valence-electron chi connectivity index (χ3n) is 3.77. The van der Waals surface area contributed by atoms with Crippen molar-refractivity contribution in [1.82, 2.24) is 4.90 Å². The van der Waals surface area contributed by atoms with Gasteiger partial charge in [-0.15, -0.1) is 0 Å². The van der Waals surface area contributed by atoms with Crippen LogP contribution in [-0.4, -0.2) is 23.3 Å². The average molecular weight is 245 g/mol. The summed E-state index contributed by atoms with van der Waals surface area (Å²) >= 11 is 0. The van der Waals surface area contributed by atoms with Crippen LogP contribution in [0, 0.1) is 0 Å². The Balaban J connectivity index is 1.97. The molecule has 0 bridgehead atoms. The number of rotatable bonds is 5. The molecule has 0 aromatic heterocycles. The maximum Gasteiger partial charge on any atom is 0.133 e. The van der Waals surface area contributed by atoms with Crippen molar-refractivity contribution in [3.8, 4) is 0 Å². The number of hydrogen-bond acceptors (Lipinski definition) is 2. The molecule has 0 spiro atoms. The van der Waals surface area contributed by atoms with Gasteiger partial charge in [0.05, 0.1) is 0 Å². The largest absolute Gasteiger partial charge is 0.300 e. The highest BCUT2D eigenvalue weighted by Crippen LogP contribution is 2.22. The van der Waals surface area contributed by atoms with E-state index in [-0.39, 0.29) is 0 Å². The summed E-state index contributed by atoms with van der Waals surface area (Å²) in [6.45, 7) is 4.38. The number of carbonyl (C=O) groups excluding carboxylic acids is 1. The third kappa shape index (κ3) is 3.67. The van der Waals surface area contributed by atoms with Crippen LogP contribution < -0.4 is 0 Å². The molecule has 0 saturated heterocycles. The zero-order chi connectivity index (χ0) is 12.8. The summed E-state index contributed by atoms with van der Waals surface area (Å²) in [5, 5.41) is 0. The Hall–Kier alpha value is -1.15. The van der Waals surface area contributed by atoms with Gasteiger partial charge in [-0.25, -0.2) is 0 Å². The molecule has 2 heteroatoms. The van der Waals surface area contributed by atoms with Crippen molar-refractivity contribution in [2.75, 3.05) is 6.54 Å². The van der Waals surface area contributed by atoms with Crippen molar-refractivity contribution >= 4 is 5.78 Å². The molecule has 1 fully saturated rings. The lowest BCUT2D eigenvalue weighted by Gasteiger charge is -2.33. The highest BCUT2D eigenvalue weighted by Gasteiger charge is 2.23. The highest BCUT2D eigenvalue weighted by atomic mass is 16.1. The smallest absolute Gasteiger partial charge is 0.133 e. The van der Waals surface area contributed by atoms with E-state index in [0.29, 0.717) is 11.8 Å². The second kappa shape index (κ2) is 6.69. The summed E-state index contributed by atoms with van der Waals surface area (Å²) < 4.78 is 0. The number of Topliss-reactive ketones (excluding diaryl/α,β-unsaturated/α-hetero) is 1. The number of ketones is 1. The van der Waals surface area contributed by atoms with Gasteiger partial charge >= 0.3 is 0 Å². The minimum absolute atomic E-state index is 0.447. The number of carbonyl (C=O) groups is 1. The van der Waals surface area contributed by atoms with E-state index >= 15 is 0 Å². The van der Waals surface area contributed by atoms with Crippen LogP contribution >= 0.6 is 0 Å². The monoisotopic (exact) mass is 245 g/mol. The zero-order valence-corrected chi connectivity index (χ0v) is 11.3. The molecule has 0 heterocycles. The van der Waals surface area contributed by atoms with Crippen LogP contribution in [0.15, 0.2) is 30.3 Å². The standard InChI is InChI=1S/C16H23NO/c1-2-12-17(13-14-6-4-3-5-7-14)15-8-10-16(18)11-9-15/h3-7,15H,2,8-13H2,1H3. The maximum absolute atomic E-state index is 11.3. The molecule has 1 aliphatic carbocycles. The highest BCUT2D eigenvalue weighted by molar-refractivity contribution is 5.79. The number of nitrogens with zero attached hydrogens (tertiary/aromatic N) is 1. The molecule has 0 N–H and O–H groups in total. The molecule has 0 amide bonds. The van der Waals surface area contributed by atoms with Gasteiger partial charge in [-0.3, -0.25) is 9.69 Å². The summed E-state index contributed by atoms with van der Waals surface area (Å²) in [6.07, 6.45) is 4.83. The predicted octanol–water partition coefficient (Wildman–Crippen LogP) is 3.41. The van der Waals surface area contributed by atoms with Gasteiger partial charge in [0.1, 0.15) is 5.78 Å². The summed E-state index contributed by atoms with van der Waals surface area (Å²) in [5.74, 6) is 0.447. The van der Waals surface area contributed by atoms with E-state index in [1.807, 2.05) is 0 Å². The molecule has 2 rings (SSSR count). The Morgan fingerprint density at radius 3 is 2.44 bits per heavy atom. The zero-order valence-electron chi connectivity index (χ0n) is 11.3. The Labute approximate surface area is 110 Å². The quantitative estimate of drug-likeness (QED) is 0.792. The topological polar surface area (TPSA) is 20.3 Å². The predicted molar refractivity (Wildman–Crippen MR) is 74.4 cm³/mol. The molecule has 0 aliphatic heterocycles. The Kier molecular flexibility index (Phi) is 4.94. The molecular formula is C16H23NO. The van der Waals surface area contributed by atoms with E-state index in [2.05, 4.69) is 42.2 Å². The van der Waals surface area contributed by atoms with Crippen molar-refractivity contribution in [3.05, 3.63) is 35.9 Å². The molecular weight excluding hydrogens is 222 g/mol. The van der Waals surface area contributed by atoms with Crippen molar-refractivity contribution in [2.24, 2.45) is 0 Å². The van der Waals surface area contributed by atoms with Crippen LogP contribution in [0.2, 0.25) is 0 Å². The van der Waals surface area contributed by atoms with Crippen LogP contribution in [0.1, 0.15) is 44.6 Å². The molecule has 18 heavy (non-hydrogen) atoms. The van der Waals surface area contributed by atoms with Crippen LogP contribution in [0.25, 0.3) is 0 Å². The van der Waals surface area contributed by atoms with E-state index in [1.165, 1.54) is 12.0 Å². The normalized spacial score (nSPS) is 17.3. The molecule has 1 aromatic rings. The summed E-state index contributed by atoms with van der Waals surface area (Å²) in [5.41, 5.74) is 1.38. The van der Waals surface area contributed by atoms with Crippen molar-refractivity contribution in [3.63, 3.8) is 0 Å². The number of hydrogen-bond donors (Lipinski definition) is 0. The Bertz CT molecular complexity index is 364. The minimum atomic E-state index is 0.447. The van der Waals surface area contributed by atoms with Gasteiger partial charge in [0.15, 0.2) is 0 Å². The lowest BCUT2D eigenvalue weighted by atomic mass is 9.92. The fraction of sp³-hybridized carbons (Fsp3) is 0.562. The summed E-state index contributed by atoms with van der Waals surface area (Å²) in [6, 6.07) is 11.2. The Morgan fingerprint density at radius 1 is 1.17 bits per heavy atom. The van der Waals surface area contributed by atoms with Crippen molar-refractivity contribution in [1.29, 1.82) is 0 Å². The maximum atomic E-state index is 11.3. The van der Waals surface area contributed by atoms with Gasteiger partial charge in [-0.2, -0.15) is 0 Å². The second-order valence-electron chi connectivity index (χ2n) is 5.23. The summed E-state index contributed by atoms with van der Waals surface area (Å²) in [7, 11) is 0. The molecule has 2 nitrogen and oxygen atoms in total. The van der Waals surface area contributed by atoms with Crippen LogP contribution in [0.4, 0.5) is 0 Å². The Morgan fingerprint density at radius 2 is 1.83 bits per heavy atom. The SMILES string of the molecule is CCCN(Cc1ccccc1)C1CCC(=O)CC1. The minimum Gasteiger partial charge on any atom is -0.300 e. The first-order valence-corrected chi connectivity index (χ1v) is 7.09. The van der Waals surface area contributed by atoms with Crippen molar-refractivity contribution in [2.45, 2.75) is 51.6 Å². The molecule has 1 aromatic carbocycles. The van der Waals surface area contributed by atoms with Gasteiger partial charge in [-0.05, 0) is 31.4 Å². The molecule has 0 unspecified atom stereocenters. The first-order chi connectivity index (χ1) is 8.79. The van der Waals surface area contributed by atoms with Gasteiger partial charge in [-0.1, -0.05) is 37.3 Å². The van der Waals surface area contributed by atoms with E-state index in [4.69, 9.17) is 0 Å². The van der Waals surface area contributed by atoms with E-state index in [1.54, 1.807) is 0 Å². The van der Waals surface area contributed by atoms with Crippen LogP contribution in [0.3, 0.4) is 0 Å². The van der Waals surface area contributed by atoms with Gasteiger partial charge in [0.2, 0.25) is 0 Å². The molecule has 1 saturated carbocycles. The third-order valence-corrected chi connectivity index (χ3v) is 3.77. The summed E-state index contributed by atoms with van der Waals surface area (Å²) in [4.78, 5) is 13.9. The van der Waals surface area contributed by atoms with E-state index in [0.717, 1.165) is 38.8 Å². The first-order valence-electron chi connectivity index (χ1n) is 7.09. The van der Waals surface area contributed by atoms with Gasteiger partial charge in [0.25, 0.3) is 0 Å². The fourth-order valence-corrected chi connectivity index (χ4v) is 2.79. The fourth-order valence-electron chi connectivity index (χ4n) is 2.79. The second-order valence-corrected chi connectivity index (χ2v) is 5.23. The van der Waals surface area contributed by atoms with Gasteiger partial charge in [0, 0.05) is 25.4 Å². The van der Waals surface area contributed by atoms with Crippen LogP contribution in [0.5, 0.6) is 0 Å². The van der Waals surface area contributed by atoms with Crippen LogP contribution in [-0.2, 0) is 11.3 Å².